The predicted octanol–water partition coefficient (Wildman–Crippen LogP) is 2.49. The summed E-state index contributed by atoms with van der Waals surface area (Å²) >= 11 is 0. The fraction of sp³-hybridized carbons (Fsp3) is 0.467. The van der Waals surface area contributed by atoms with Gasteiger partial charge >= 0.3 is 0 Å². The third-order valence-electron chi connectivity index (χ3n) is 3.71. The molecule has 116 valence electrons. The van der Waals surface area contributed by atoms with E-state index in [1.165, 1.54) is 25.1 Å². The van der Waals surface area contributed by atoms with Crippen molar-refractivity contribution in [2.75, 3.05) is 10.6 Å². The van der Waals surface area contributed by atoms with Crippen molar-refractivity contribution in [1.29, 1.82) is 0 Å². The lowest BCUT2D eigenvalue weighted by Gasteiger charge is -2.36. The third-order valence-corrected chi connectivity index (χ3v) is 3.71. The molecule has 21 heavy (non-hydrogen) atoms. The second-order valence-electron chi connectivity index (χ2n) is 6.18. The molecule has 0 radical (unpaired) electrons. The van der Waals surface area contributed by atoms with Crippen molar-refractivity contribution in [3.05, 3.63) is 24.0 Å². The minimum atomic E-state index is -0.899. The summed E-state index contributed by atoms with van der Waals surface area (Å²) < 4.78 is 13.8. The van der Waals surface area contributed by atoms with Crippen LogP contribution in [0.15, 0.2) is 18.2 Å². The summed E-state index contributed by atoms with van der Waals surface area (Å²) in [4.78, 5) is 23.3. The van der Waals surface area contributed by atoms with E-state index in [0.29, 0.717) is 5.69 Å². The number of benzene rings is 1. The monoisotopic (exact) mass is 295 g/mol. The van der Waals surface area contributed by atoms with Crippen molar-refractivity contribution in [3.63, 3.8) is 0 Å². The zero-order valence-corrected chi connectivity index (χ0v) is 13.0. The average molecular weight is 295 g/mol. The standard InChI is InChI=1S/C15H22FN3O2/c1-9(20)18-10-6-7-11(16)12(8-10)19-13(21)14(2,3)15(4,5)17/h6-8H,17H2,1-5H3,(H,18,20)(H,19,21). The summed E-state index contributed by atoms with van der Waals surface area (Å²) in [6, 6.07) is 3.97. The molecule has 0 fully saturated rings. The van der Waals surface area contributed by atoms with E-state index < -0.39 is 22.7 Å². The van der Waals surface area contributed by atoms with Gasteiger partial charge in [-0.2, -0.15) is 0 Å². The molecular formula is C15H22FN3O2. The van der Waals surface area contributed by atoms with Gasteiger partial charge in [0.1, 0.15) is 5.82 Å². The van der Waals surface area contributed by atoms with E-state index in [1.807, 2.05) is 0 Å². The van der Waals surface area contributed by atoms with Crippen LogP contribution in [0.2, 0.25) is 0 Å². The maximum atomic E-state index is 13.8. The summed E-state index contributed by atoms with van der Waals surface area (Å²) in [5.74, 6) is -1.25. The highest BCUT2D eigenvalue weighted by molar-refractivity contribution is 5.97. The zero-order chi connectivity index (χ0) is 16.4. The van der Waals surface area contributed by atoms with Gasteiger partial charge in [0.2, 0.25) is 11.8 Å². The van der Waals surface area contributed by atoms with Crippen LogP contribution in [0.3, 0.4) is 0 Å². The van der Waals surface area contributed by atoms with Crippen LogP contribution in [0.5, 0.6) is 0 Å². The van der Waals surface area contributed by atoms with Crippen molar-refractivity contribution in [2.45, 2.75) is 40.2 Å². The predicted molar refractivity (Wildman–Crippen MR) is 81.4 cm³/mol. The first kappa shape index (κ1) is 17.1. The highest BCUT2D eigenvalue weighted by Gasteiger charge is 2.40. The summed E-state index contributed by atoms with van der Waals surface area (Å²) in [6.45, 7) is 8.20. The van der Waals surface area contributed by atoms with Crippen LogP contribution in [0, 0.1) is 11.2 Å². The Kier molecular flexibility index (Phi) is 4.73. The van der Waals surface area contributed by atoms with Gasteiger partial charge in [-0.15, -0.1) is 0 Å². The Morgan fingerprint density at radius 1 is 1.14 bits per heavy atom. The average Bonchev–Trinajstić information content (AvgIpc) is 2.31. The van der Waals surface area contributed by atoms with Crippen molar-refractivity contribution < 1.29 is 14.0 Å². The van der Waals surface area contributed by atoms with Crippen molar-refractivity contribution >= 4 is 23.2 Å². The molecule has 0 bridgehead atoms. The molecule has 1 rings (SSSR count). The van der Waals surface area contributed by atoms with Crippen LogP contribution in [0.4, 0.5) is 15.8 Å². The van der Waals surface area contributed by atoms with Gasteiger partial charge in [0.05, 0.1) is 11.1 Å². The van der Waals surface area contributed by atoms with Crippen LogP contribution in [-0.2, 0) is 9.59 Å². The highest BCUT2D eigenvalue weighted by atomic mass is 19.1. The Balaban J connectivity index is 3.02. The first-order valence-electron chi connectivity index (χ1n) is 6.62. The van der Waals surface area contributed by atoms with E-state index in [1.54, 1.807) is 27.7 Å². The molecule has 2 amide bonds. The molecule has 0 atom stereocenters. The van der Waals surface area contributed by atoms with Gasteiger partial charge in [-0.05, 0) is 45.9 Å². The number of nitrogens with two attached hydrogens (primary N) is 1. The van der Waals surface area contributed by atoms with E-state index in [2.05, 4.69) is 10.6 Å². The fourth-order valence-electron chi connectivity index (χ4n) is 1.47. The van der Waals surface area contributed by atoms with E-state index in [0.717, 1.165) is 0 Å². The van der Waals surface area contributed by atoms with Gasteiger partial charge < -0.3 is 16.4 Å². The lowest BCUT2D eigenvalue weighted by Crippen LogP contribution is -2.53. The molecule has 0 saturated heterocycles. The molecule has 0 aliphatic carbocycles. The fourth-order valence-corrected chi connectivity index (χ4v) is 1.47. The molecular weight excluding hydrogens is 273 g/mol. The number of rotatable bonds is 4. The van der Waals surface area contributed by atoms with Crippen LogP contribution < -0.4 is 16.4 Å². The summed E-state index contributed by atoms with van der Waals surface area (Å²) in [6.07, 6.45) is 0. The van der Waals surface area contributed by atoms with Crippen molar-refractivity contribution in [1.82, 2.24) is 0 Å². The first-order chi connectivity index (χ1) is 9.45. The molecule has 0 aliphatic rings. The van der Waals surface area contributed by atoms with Crippen LogP contribution >= 0.6 is 0 Å². The van der Waals surface area contributed by atoms with Gasteiger partial charge in [-0.3, -0.25) is 9.59 Å². The summed E-state index contributed by atoms with van der Waals surface area (Å²) in [5.41, 5.74) is 4.73. The van der Waals surface area contributed by atoms with Gasteiger partial charge in [0.25, 0.3) is 0 Å². The molecule has 0 spiro atoms. The number of anilines is 2. The molecule has 1 aromatic rings. The van der Waals surface area contributed by atoms with Gasteiger partial charge in [-0.1, -0.05) is 0 Å². The Morgan fingerprint density at radius 3 is 2.19 bits per heavy atom. The molecule has 0 aromatic heterocycles. The van der Waals surface area contributed by atoms with Crippen LogP contribution in [0.25, 0.3) is 0 Å². The first-order valence-corrected chi connectivity index (χ1v) is 6.62. The Morgan fingerprint density at radius 2 is 1.71 bits per heavy atom. The number of halogens is 1. The topological polar surface area (TPSA) is 84.2 Å². The molecule has 0 heterocycles. The van der Waals surface area contributed by atoms with E-state index in [9.17, 15) is 14.0 Å². The number of amides is 2. The van der Waals surface area contributed by atoms with Gasteiger partial charge in [0, 0.05) is 18.2 Å². The van der Waals surface area contributed by atoms with E-state index in [-0.39, 0.29) is 11.6 Å². The summed E-state index contributed by atoms with van der Waals surface area (Å²) in [7, 11) is 0. The second kappa shape index (κ2) is 5.81. The SMILES string of the molecule is CC(=O)Nc1ccc(F)c(NC(=O)C(C)(C)C(C)(C)N)c1. The molecule has 5 nitrogen and oxygen atoms in total. The number of carbonyl (C=O) groups is 2. The molecule has 0 saturated carbocycles. The van der Waals surface area contributed by atoms with Crippen molar-refractivity contribution in [3.8, 4) is 0 Å². The van der Waals surface area contributed by atoms with Gasteiger partial charge in [-0.25, -0.2) is 4.39 Å². The quantitative estimate of drug-likeness (QED) is 0.798. The van der Waals surface area contributed by atoms with E-state index >= 15 is 0 Å². The maximum Gasteiger partial charge on any atom is 0.231 e. The second-order valence-corrected chi connectivity index (χ2v) is 6.18. The minimum Gasteiger partial charge on any atom is -0.326 e. The third kappa shape index (κ3) is 4.01. The number of hydrogen-bond donors (Lipinski definition) is 3. The number of hydrogen-bond acceptors (Lipinski definition) is 3. The Bertz CT molecular complexity index is 563. The summed E-state index contributed by atoms with van der Waals surface area (Å²) in [5, 5.41) is 5.06. The number of carbonyl (C=O) groups excluding carboxylic acids is 2. The zero-order valence-electron chi connectivity index (χ0n) is 13.0. The Labute approximate surface area is 124 Å². The lowest BCUT2D eigenvalue weighted by molar-refractivity contribution is -0.126. The molecule has 1 aromatic carbocycles. The largest absolute Gasteiger partial charge is 0.326 e. The van der Waals surface area contributed by atoms with Gasteiger partial charge in [0.15, 0.2) is 0 Å². The maximum absolute atomic E-state index is 13.8. The Hall–Kier alpha value is -1.95. The molecule has 6 heteroatoms. The highest BCUT2D eigenvalue weighted by Crippen LogP contribution is 2.30. The van der Waals surface area contributed by atoms with Crippen molar-refractivity contribution in [2.24, 2.45) is 11.1 Å². The molecule has 0 unspecified atom stereocenters. The van der Waals surface area contributed by atoms with Crippen LogP contribution in [-0.4, -0.2) is 17.4 Å². The van der Waals surface area contributed by atoms with Crippen LogP contribution in [0.1, 0.15) is 34.6 Å². The normalized spacial score (nSPS) is 12.0. The van der Waals surface area contributed by atoms with E-state index in [4.69, 9.17) is 5.73 Å². The molecule has 4 N–H and O–H groups in total. The number of nitrogens with one attached hydrogen (secondary N) is 2. The molecule has 0 aliphatic heterocycles. The smallest absolute Gasteiger partial charge is 0.231 e. The lowest BCUT2D eigenvalue weighted by atomic mass is 9.74. The minimum absolute atomic E-state index is 0.00331.